The molecule has 3 aromatic rings. The highest BCUT2D eigenvalue weighted by Crippen LogP contribution is 2.32. The number of rotatable bonds is 4. The number of nitrogens with one attached hydrogen (secondary N) is 1. The molecule has 0 bridgehead atoms. The van der Waals surface area contributed by atoms with E-state index < -0.39 is 0 Å². The molecule has 8 heteroatoms. The maximum atomic E-state index is 13.2. The van der Waals surface area contributed by atoms with Gasteiger partial charge >= 0.3 is 0 Å². The molecule has 0 spiro atoms. The quantitative estimate of drug-likeness (QED) is 0.643. The standard InChI is InChI=1S/C15H9Cl2FN2OS2/c16-12-6-11(13(17)23-12)14(21)20-15-19-7-10(22-15)5-8-2-1-3-9(18)4-8/h1-4,6-7H,5H2,(H,19,20,21). The van der Waals surface area contributed by atoms with Crippen LogP contribution in [0, 0.1) is 5.82 Å². The van der Waals surface area contributed by atoms with Crippen LogP contribution in [-0.2, 0) is 6.42 Å². The average Bonchev–Trinajstić information content (AvgIpc) is 3.05. The molecule has 1 aromatic carbocycles. The van der Waals surface area contributed by atoms with E-state index in [2.05, 4.69) is 10.3 Å². The van der Waals surface area contributed by atoms with Crippen LogP contribution in [0.4, 0.5) is 9.52 Å². The number of thiophene rings is 1. The molecule has 0 aliphatic heterocycles. The molecule has 1 amide bonds. The van der Waals surface area contributed by atoms with E-state index in [4.69, 9.17) is 23.2 Å². The van der Waals surface area contributed by atoms with Gasteiger partial charge in [0.25, 0.3) is 5.91 Å². The maximum absolute atomic E-state index is 13.2. The van der Waals surface area contributed by atoms with Crippen LogP contribution in [-0.4, -0.2) is 10.9 Å². The summed E-state index contributed by atoms with van der Waals surface area (Å²) in [5.74, 6) is -0.630. The first-order valence-corrected chi connectivity index (χ1v) is 8.85. The molecule has 3 nitrogen and oxygen atoms in total. The lowest BCUT2D eigenvalue weighted by Gasteiger charge is -2.00. The van der Waals surface area contributed by atoms with Crippen molar-refractivity contribution in [3.63, 3.8) is 0 Å². The van der Waals surface area contributed by atoms with Gasteiger partial charge in [0.1, 0.15) is 10.2 Å². The molecule has 0 saturated carbocycles. The van der Waals surface area contributed by atoms with Gasteiger partial charge in [-0.15, -0.1) is 22.7 Å². The molecular formula is C15H9Cl2FN2OS2. The van der Waals surface area contributed by atoms with Crippen LogP contribution in [0.2, 0.25) is 8.67 Å². The third-order valence-electron chi connectivity index (χ3n) is 2.94. The largest absolute Gasteiger partial charge is 0.298 e. The summed E-state index contributed by atoms with van der Waals surface area (Å²) in [6, 6.07) is 7.90. The molecule has 0 fully saturated rings. The van der Waals surface area contributed by atoms with Gasteiger partial charge in [-0.2, -0.15) is 0 Å². The second kappa shape index (κ2) is 6.97. The van der Waals surface area contributed by atoms with Crippen LogP contribution >= 0.6 is 45.9 Å². The molecule has 118 valence electrons. The Labute approximate surface area is 149 Å². The first-order chi connectivity index (χ1) is 11.0. The van der Waals surface area contributed by atoms with Crippen molar-refractivity contribution in [2.75, 3.05) is 5.32 Å². The monoisotopic (exact) mass is 386 g/mol. The zero-order valence-electron chi connectivity index (χ0n) is 11.5. The predicted molar refractivity (Wildman–Crippen MR) is 93.6 cm³/mol. The summed E-state index contributed by atoms with van der Waals surface area (Å²) in [5.41, 5.74) is 1.17. The number of carbonyl (C=O) groups is 1. The molecule has 2 aromatic heterocycles. The molecular weight excluding hydrogens is 378 g/mol. The van der Waals surface area contributed by atoms with Crippen LogP contribution in [0.25, 0.3) is 0 Å². The number of benzene rings is 1. The Bertz CT molecular complexity index is 863. The fourth-order valence-electron chi connectivity index (χ4n) is 1.95. The molecule has 0 aliphatic rings. The summed E-state index contributed by atoms with van der Waals surface area (Å²) in [4.78, 5) is 17.2. The number of hydrogen-bond donors (Lipinski definition) is 1. The van der Waals surface area contributed by atoms with Crippen molar-refractivity contribution < 1.29 is 9.18 Å². The zero-order valence-corrected chi connectivity index (χ0v) is 14.6. The fraction of sp³-hybridized carbons (Fsp3) is 0.0667. The summed E-state index contributed by atoms with van der Waals surface area (Å²) < 4.78 is 14.0. The number of hydrogen-bond acceptors (Lipinski definition) is 4. The van der Waals surface area contributed by atoms with Crippen LogP contribution in [0.1, 0.15) is 20.8 Å². The molecule has 23 heavy (non-hydrogen) atoms. The third-order valence-corrected chi connectivity index (χ3v) is 5.34. The van der Waals surface area contributed by atoms with Gasteiger partial charge in [-0.25, -0.2) is 9.37 Å². The van der Waals surface area contributed by atoms with E-state index in [9.17, 15) is 9.18 Å². The normalized spacial score (nSPS) is 10.7. The van der Waals surface area contributed by atoms with Crippen molar-refractivity contribution in [1.82, 2.24) is 4.98 Å². The highest BCUT2D eigenvalue weighted by molar-refractivity contribution is 7.20. The lowest BCUT2D eigenvalue weighted by Crippen LogP contribution is -2.10. The Hall–Kier alpha value is -1.47. The average molecular weight is 387 g/mol. The Morgan fingerprint density at radius 3 is 2.78 bits per heavy atom. The first-order valence-electron chi connectivity index (χ1n) is 6.46. The van der Waals surface area contributed by atoms with E-state index in [1.807, 2.05) is 6.07 Å². The number of anilines is 1. The topological polar surface area (TPSA) is 42.0 Å². The summed E-state index contributed by atoms with van der Waals surface area (Å²) in [6.45, 7) is 0. The second-order valence-electron chi connectivity index (χ2n) is 4.63. The molecule has 0 atom stereocenters. The minimum absolute atomic E-state index is 0.274. The number of carbonyl (C=O) groups excluding carboxylic acids is 1. The summed E-state index contributed by atoms with van der Waals surface area (Å²) >= 11 is 14.2. The Balaban J connectivity index is 1.70. The zero-order chi connectivity index (χ0) is 16.4. The van der Waals surface area contributed by atoms with E-state index in [-0.39, 0.29) is 11.7 Å². The molecule has 0 saturated heterocycles. The minimum atomic E-state index is -0.357. The molecule has 0 aliphatic carbocycles. The van der Waals surface area contributed by atoms with Crippen LogP contribution in [0.5, 0.6) is 0 Å². The fourth-order valence-corrected chi connectivity index (χ4v) is 4.25. The van der Waals surface area contributed by atoms with E-state index >= 15 is 0 Å². The van der Waals surface area contributed by atoms with Gasteiger partial charge in [0.15, 0.2) is 5.13 Å². The molecule has 0 unspecified atom stereocenters. The number of halogens is 3. The minimum Gasteiger partial charge on any atom is -0.298 e. The van der Waals surface area contributed by atoms with Crippen molar-refractivity contribution in [3.8, 4) is 0 Å². The van der Waals surface area contributed by atoms with Crippen LogP contribution in [0.3, 0.4) is 0 Å². The van der Waals surface area contributed by atoms with Crippen molar-refractivity contribution in [1.29, 1.82) is 0 Å². The lowest BCUT2D eigenvalue weighted by molar-refractivity contribution is 0.102. The van der Waals surface area contributed by atoms with Gasteiger partial charge in [0, 0.05) is 17.5 Å². The highest BCUT2D eigenvalue weighted by atomic mass is 35.5. The number of nitrogens with zero attached hydrogens (tertiary/aromatic N) is 1. The predicted octanol–water partition coefficient (Wildman–Crippen LogP) is 5.49. The Morgan fingerprint density at radius 2 is 2.09 bits per heavy atom. The van der Waals surface area contributed by atoms with E-state index in [0.29, 0.717) is 25.8 Å². The molecule has 3 rings (SSSR count). The van der Waals surface area contributed by atoms with Gasteiger partial charge in [-0.3, -0.25) is 10.1 Å². The number of aromatic nitrogens is 1. The third kappa shape index (κ3) is 4.09. The lowest BCUT2D eigenvalue weighted by atomic mass is 10.1. The second-order valence-corrected chi connectivity index (χ2v) is 8.03. The van der Waals surface area contributed by atoms with Crippen LogP contribution < -0.4 is 5.32 Å². The van der Waals surface area contributed by atoms with Gasteiger partial charge < -0.3 is 0 Å². The van der Waals surface area contributed by atoms with Crippen molar-refractivity contribution in [3.05, 3.63) is 67.0 Å². The highest BCUT2D eigenvalue weighted by Gasteiger charge is 2.15. The van der Waals surface area contributed by atoms with Gasteiger partial charge in [-0.1, -0.05) is 35.3 Å². The first kappa shape index (κ1) is 16.4. The SMILES string of the molecule is O=C(Nc1ncc(Cc2cccc(F)c2)s1)c1cc(Cl)sc1Cl. The summed E-state index contributed by atoms with van der Waals surface area (Å²) in [7, 11) is 0. The van der Waals surface area contributed by atoms with Crippen LogP contribution in [0.15, 0.2) is 36.5 Å². The number of amides is 1. The summed E-state index contributed by atoms with van der Waals surface area (Å²) in [5, 5.41) is 3.15. The number of thiazole rings is 1. The maximum Gasteiger partial charge on any atom is 0.259 e. The van der Waals surface area contributed by atoms with Gasteiger partial charge in [0.05, 0.1) is 9.90 Å². The Morgan fingerprint density at radius 1 is 1.26 bits per heavy atom. The van der Waals surface area contributed by atoms with E-state index in [0.717, 1.165) is 21.8 Å². The molecule has 0 radical (unpaired) electrons. The smallest absolute Gasteiger partial charge is 0.259 e. The van der Waals surface area contributed by atoms with Gasteiger partial charge in [0.2, 0.25) is 0 Å². The molecule has 1 N–H and O–H groups in total. The van der Waals surface area contributed by atoms with Crippen molar-refractivity contribution in [2.45, 2.75) is 6.42 Å². The van der Waals surface area contributed by atoms with E-state index in [1.165, 1.54) is 29.5 Å². The molecule has 2 heterocycles. The Kier molecular flexibility index (Phi) is 4.96. The summed E-state index contributed by atoms with van der Waals surface area (Å²) in [6.07, 6.45) is 2.21. The van der Waals surface area contributed by atoms with Gasteiger partial charge in [-0.05, 0) is 23.8 Å². The van der Waals surface area contributed by atoms with Crippen molar-refractivity contribution in [2.24, 2.45) is 0 Å². The van der Waals surface area contributed by atoms with E-state index in [1.54, 1.807) is 12.3 Å². The van der Waals surface area contributed by atoms with Crippen molar-refractivity contribution >= 4 is 56.9 Å².